The highest BCUT2D eigenvalue weighted by molar-refractivity contribution is 8.00. The van der Waals surface area contributed by atoms with Gasteiger partial charge in [-0.3, -0.25) is 0 Å². The molecule has 1 saturated heterocycles. The van der Waals surface area contributed by atoms with E-state index in [2.05, 4.69) is 24.1 Å². The molecule has 1 aliphatic carbocycles. The summed E-state index contributed by atoms with van der Waals surface area (Å²) in [7, 11) is 2.15. The van der Waals surface area contributed by atoms with E-state index in [9.17, 15) is 0 Å². The second-order valence-electron chi connectivity index (χ2n) is 6.13. The van der Waals surface area contributed by atoms with E-state index >= 15 is 0 Å². The summed E-state index contributed by atoms with van der Waals surface area (Å²) in [5.41, 5.74) is 0. The molecule has 0 radical (unpaired) electrons. The summed E-state index contributed by atoms with van der Waals surface area (Å²) in [5.74, 6) is 0. The predicted octanol–water partition coefficient (Wildman–Crippen LogP) is 3.99. The molecule has 1 saturated carbocycles. The van der Waals surface area contributed by atoms with Crippen LogP contribution in [0.1, 0.15) is 64.2 Å². The minimum absolute atomic E-state index is 0.713. The molecular formula is C16H31NOS. The number of ether oxygens (including phenoxy) is 1. The fraction of sp³-hybridized carbons (Fsp3) is 1.00. The quantitative estimate of drug-likeness (QED) is 0.847. The lowest BCUT2D eigenvalue weighted by Crippen LogP contribution is -2.40. The molecule has 2 unspecified atom stereocenters. The van der Waals surface area contributed by atoms with Gasteiger partial charge in [0.1, 0.15) is 0 Å². The fourth-order valence-electron chi connectivity index (χ4n) is 3.19. The number of hydrogen-bond donors (Lipinski definition) is 1. The van der Waals surface area contributed by atoms with E-state index in [1.54, 1.807) is 0 Å². The first-order chi connectivity index (χ1) is 9.40. The number of rotatable bonds is 3. The van der Waals surface area contributed by atoms with Crippen LogP contribution in [0.2, 0.25) is 0 Å². The normalized spacial score (nSPS) is 32.1. The summed E-state index contributed by atoms with van der Waals surface area (Å²) in [6, 6.07) is 0.713. The van der Waals surface area contributed by atoms with Crippen molar-refractivity contribution in [2.24, 2.45) is 0 Å². The van der Waals surface area contributed by atoms with Crippen LogP contribution >= 0.6 is 11.8 Å². The van der Waals surface area contributed by atoms with Crippen molar-refractivity contribution in [1.29, 1.82) is 0 Å². The molecule has 1 aliphatic heterocycles. The van der Waals surface area contributed by atoms with E-state index in [0.717, 1.165) is 23.7 Å². The Hall–Kier alpha value is 0.270. The molecule has 0 aromatic carbocycles. The summed E-state index contributed by atoms with van der Waals surface area (Å²) in [6.45, 7) is 1.97. The highest BCUT2D eigenvalue weighted by Gasteiger charge is 2.27. The Kier molecular flexibility index (Phi) is 7.62. The monoisotopic (exact) mass is 285 g/mol. The van der Waals surface area contributed by atoms with Gasteiger partial charge in [-0.1, -0.05) is 51.4 Å². The molecule has 0 aromatic heterocycles. The molecule has 0 aromatic rings. The van der Waals surface area contributed by atoms with Crippen molar-refractivity contribution >= 4 is 11.8 Å². The van der Waals surface area contributed by atoms with Gasteiger partial charge in [-0.15, -0.1) is 11.8 Å². The van der Waals surface area contributed by atoms with Crippen molar-refractivity contribution in [2.75, 3.05) is 20.3 Å². The van der Waals surface area contributed by atoms with Crippen LogP contribution in [0, 0.1) is 0 Å². The highest BCUT2D eigenvalue weighted by Crippen LogP contribution is 2.31. The van der Waals surface area contributed by atoms with Gasteiger partial charge >= 0.3 is 0 Å². The number of nitrogens with one attached hydrogen (secondary N) is 1. The third-order valence-corrected chi connectivity index (χ3v) is 6.12. The summed E-state index contributed by atoms with van der Waals surface area (Å²) in [6.07, 6.45) is 14.3. The van der Waals surface area contributed by atoms with Crippen molar-refractivity contribution in [3.8, 4) is 0 Å². The minimum atomic E-state index is 0.713. The van der Waals surface area contributed by atoms with Gasteiger partial charge in [0, 0.05) is 11.3 Å². The molecule has 1 N–H and O–H groups in total. The fourth-order valence-corrected chi connectivity index (χ4v) is 4.80. The smallest absolute Gasteiger partial charge is 0.0608 e. The standard InChI is InChI=1S/C16H31NOS/c1-17-15-10-8-6-4-2-3-5-7-9-11-16(15)19-14-12-18-13-14/h14-17H,2-13H2,1H3. The van der Waals surface area contributed by atoms with Crippen LogP contribution in [-0.2, 0) is 4.74 Å². The van der Waals surface area contributed by atoms with Crippen molar-refractivity contribution in [2.45, 2.75) is 80.7 Å². The Balaban J connectivity index is 1.83. The van der Waals surface area contributed by atoms with Gasteiger partial charge in [-0.2, -0.15) is 0 Å². The summed E-state index contributed by atoms with van der Waals surface area (Å²) >= 11 is 2.20. The topological polar surface area (TPSA) is 21.3 Å². The predicted molar refractivity (Wildman–Crippen MR) is 85.0 cm³/mol. The maximum absolute atomic E-state index is 5.34. The molecule has 2 atom stereocenters. The summed E-state index contributed by atoms with van der Waals surface area (Å²) < 4.78 is 5.34. The molecule has 112 valence electrons. The Labute approximate surface area is 123 Å². The summed E-state index contributed by atoms with van der Waals surface area (Å²) in [4.78, 5) is 0. The summed E-state index contributed by atoms with van der Waals surface area (Å²) in [5, 5.41) is 5.17. The third-order valence-electron chi connectivity index (χ3n) is 4.55. The van der Waals surface area contributed by atoms with Gasteiger partial charge < -0.3 is 10.1 Å². The molecule has 0 spiro atoms. The molecule has 19 heavy (non-hydrogen) atoms. The van der Waals surface area contributed by atoms with Gasteiger partial charge in [0.15, 0.2) is 0 Å². The second kappa shape index (κ2) is 9.25. The molecule has 2 fully saturated rings. The van der Waals surface area contributed by atoms with Crippen LogP contribution in [0.25, 0.3) is 0 Å². The second-order valence-corrected chi connectivity index (χ2v) is 7.68. The van der Waals surface area contributed by atoms with Gasteiger partial charge in [0.05, 0.1) is 18.5 Å². The zero-order chi connectivity index (χ0) is 13.3. The molecule has 2 nitrogen and oxygen atoms in total. The van der Waals surface area contributed by atoms with Crippen LogP contribution in [0.4, 0.5) is 0 Å². The van der Waals surface area contributed by atoms with Gasteiger partial charge in [-0.25, -0.2) is 0 Å². The molecule has 2 rings (SSSR count). The lowest BCUT2D eigenvalue weighted by Gasteiger charge is -2.34. The average molecular weight is 285 g/mol. The first kappa shape index (κ1) is 15.7. The zero-order valence-corrected chi connectivity index (χ0v) is 13.4. The Morgan fingerprint density at radius 3 is 1.95 bits per heavy atom. The number of hydrogen-bond acceptors (Lipinski definition) is 3. The largest absolute Gasteiger partial charge is 0.379 e. The lowest BCUT2D eigenvalue weighted by molar-refractivity contribution is 0.0451. The molecular weight excluding hydrogens is 254 g/mol. The van der Waals surface area contributed by atoms with Crippen LogP contribution in [0.5, 0.6) is 0 Å². The number of thioether (sulfide) groups is 1. The van der Waals surface area contributed by atoms with Crippen molar-refractivity contribution in [3.63, 3.8) is 0 Å². The SMILES string of the molecule is CNC1CCCCCCCCCCC1SC1COC1. The van der Waals surface area contributed by atoms with Crippen molar-refractivity contribution in [1.82, 2.24) is 5.32 Å². The van der Waals surface area contributed by atoms with Gasteiger partial charge in [-0.05, 0) is 19.9 Å². The third kappa shape index (κ3) is 5.65. The molecule has 3 heteroatoms. The van der Waals surface area contributed by atoms with E-state index in [1.807, 2.05) is 0 Å². The van der Waals surface area contributed by atoms with Gasteiger partial charge in [0.25, 0.3) is 0 Å². The van der Waals surface area contributed by atoms with E-state index in [-0.39, 0.29) is 0 Å². The maximum atomic E-state index is 5.34. The first-order valence-electron chi connectivity index (χ1n) is 8.30. The lowest BCUT2D eigenvalue weighted by atomic mass is 9.97. The molecule has 2 aliphatic rings. The maximum Gasteiger partial charge on any atom is 0.0608 e. The van der Waals surface area contributed by atoms with Crippen molar-refractivity contribution < 1.29 is 4.74 Å². The van der Waals surface area contributed by atoms with Crippen LogP contribution < -0.4 is 5.32 Å². The average Bonchev–Trinajstić information content (AvgIpc) is 2.36. The minimum Gasteiger partial charge on any atom is -0.379 e. The molecule has 0 bridgehead atoms. The molecule has 0 amide bonds. The first-order valence-corrected chi connectivity index (χ1v) is 9.25. The van der Waals surface area contributed by atoms with E-state index in [1.165, 1.54) is 64.2 Å². The van der Waals surface area contributed by atoms with E-state index in [0.29, 0.717) is 6.04 Å². The van der Waals surface area contributed by atoms with E-state index < -0.39 is 0 Å². The van der Waals surface area contributed by atoms with Crippen LogP contribution in [-0.4, -0.2) is 36.8 Å². The Bertz CT molecular complexity index is 233. The highest BCUT2D eigenvalue weighted by atomic mass is 32.2. The Morgan fingerprint density at radius 1 is 0.842 bits per heavy atom. The van der Waals surface area contributed by atoms with Crippen LogP contribution in [0.15, 0.2) is 0 Å². The van der Waals surface area contributed by atoms with E-state index in [4.69, 9.17) is 4.74 Å². The molecule has 1 heterocycles. The zero-order valence-electron chi connectivity index (χ0n) is 12.5. The Morgan fingerprint density at radius 2 is 1.42 bits per heavy atom. The van der Waals surface area contributed by atoms with Crippen molar-refractivity contribution in [3.05, 3.63) is 0 Å². The van der Waals surface area contributed by atoms with Crippen LogP contribution in [0.3, 0.4) is 0 Å². The van der Waals surface area contributed by atoms with Gasteiger partial charge in [0.2, 0.25) is 0 Å².